The van der Waals surface area contributed by atoms with E-state index in [9.17, 15) is 9.18 Å². The fourth-order valence-corrected chi connectivity index (χ4v) is 3.60. The van der Waals surface area contributed by atoms with E-state index >= 15 is 0 Å². The van der Waals surface area contributed by atoms with E-state index in [0.717, 1.165) is 30.2 Å². The molecule has 1 saturated heterocycles. The van der Waals surface area contributed by atoms with Crippen LogP contribution < -0.4 is 0 Å². The van der Waals surface area contributed by atoms with Crippen LogP contribution in [0.5, 0.6) is 0 Å². The zero-order chi connectivity index (χ0) is 18.8. The molecule has 0 spiro atoms. The van der Waals surface area contributed by atoms with Crippen molar-refractivity contribution in [2.24, 2.45) is 0 Å². The van der Waals surface area contributed by atoms with Gasteiger partial charge in [-0.3, -0.25) is 9.36 Å². The lowest BCUT2D eigenvalue weighted by atomic mass is 9.93. The van der Waals surface area contributed by atoms with Gasteiger partial charge in [-0.25, -0.2) is 14.4 Å². The molecule has 138 valence electrons. The number of carbonyl (C=O) groups is 1. The Labute approximate surface area is 157 Å². The topological polar surface area (TPSA) is 51.0 Å². The lowest BCUT2D eigenvalue weighted by Gasteiger charge is -2.32. The monoisotopic (exact) mass is 364 g/mol. The van der Waals surface area contributed by atoms with Crippen molar-refractivity contribution in [2.45, 2.75) is 25.7 Å². The lowest BCUT2D eigenvalue weighted by molar-refractivity contribution is 0.0706. The molecule has 3 aromatic rings. The highest BCUT2D eigenvalue weighted by Gasteiger charge is 2.26. The normalized spacial score (nSPS) is 17.1. The van der Waals surface area contributed by atoms with E-state index in [0.29, 0.717) is 18.7 Å². The third-order valence-corrected chi connectivity index (χ3v) is 5.05. The molecule has 1 aliphatic heterocycles. The second-order valence-corrected chi connectivity index (χ2v) is 6.86. The van der Waals surface area contributed by atoms with E-state index in [-0.39, 0.29) is 17.6 Å². The van der Waals surface area contributed by atoms with Gasteiger partial charge in [-0.15, -0.1) is 0 Å². The zero-order valence-electron chi connectivity index (χ0n) is 15.2. The van der Waals surface area contributed by atoms with Crippen LogP contribution >= 0.6 is 0 Å². The van der Waals surface area contributed by atoms with Crippen LogP contribution in [-0.4, -0.2) is 38.4 Å². The van der Waals surface area contributed by atoms with E-state index in [2.05, 4.69) is 4.98 Å². The SMILES string of the molecule is Cc1nccn1-c1cccc([C@H]2CCCN(C(=O)c3ccc(F)cc3)C2)n1. The average Bonchev–Trinajstić information content (AvgIpc) is 3.14. The van der Waals surface area contributed by atoms with Crippen LogP contribution in [0.1, 0.15) is 40.6 Å². The average molecular weight is 364 g/mol. The highest BCUT2D eigenvalue weighted by Crippen LogP contribution is 2.27. The molecule has 0 saturated carbocycles. The summed E-state index contributed by atoms with van der Waals surface area (Å²) >= 11 is 0. The summed E-state index contributed by atoms with van der Waals surface area (Å²) < 4.78 is 15.1. The predicted octanol–water partition coefficient (Wildman–Crippen LogP) is 3.73. The maximum Gasteiger partial charge on any atom is 0.253 e. The third kappa shape index (κ3) is 3.60. The van der Waals surface area contributed by atoms with E-state index < -0.39 is 0 Å². The van der Waals surface area contributed by atoms with E-state index in [4.69, 9.17) is 4.98 Å². The molecule has 0 unspecified atom stereocenters. The highest BCUT2D eigenvalue weighted by atomic mass is 19.1. The fourth-order valence-electron chi connectivity index (χ4n) is 3.60. The molecule has 0 bridgehead atoms. The van der Waals surface area contributed by atoms with Gasteiger partial charge in [-0.2, -0.15) is 0 Å². The van der Waals surface area contributed by atoms with Gasteiger partial charge >= 0.3 is 0 Å². The molecule has 0 radical (unpaired) electrons. The molecular weight excluding hydrogens is 343 g/mol. The van der Waals surface area contributed by atoms with Gasteiger partial charge in [0.15, 0.2) is 0 Å². The van der Waals surface area contributed by atoms with Crippen LogP contribution in [0.25, 0.3) is 5.82 Å². The van der Waals surface area contributed by atoms with Gasteiger partial charge < -0.3 is 4.90 Å². The minimum Gasteiger partial charge on any atom is -0.338 e. The minimum absolute atomic E-state index is 0.0543. The number of piperidine rings is 1. The molecule has 1 aromatic carbocycles. The second-order valence-electron chi connectivity index (χ2n) is 6.86. The molecular formula is C21H21FN4O. The summed E-state index contributed by atoms with van der Waals surface area (Å²) in [5.41, 5.74) is 1.50. The van der Waals surface area contributed by atoms with Crippen LogP contribution in [0.3, 0.4) is 0 Å². The van der Waals surface area contributed by atoms with Crippen molar-refractivity contribution in [2.75, 3.05) is 13.1 Å². The van der Waals surface area contributed by atoms with Gasteiger partial charge in [-0.1, -0.05) is 6.07 Å². The minimum atomic E-state index is -0.334. The van der Waals surface area contributed by atoms with E-state index in [1.54, 1.807) is 18.3 Å². The van der Waals surface area contributed by atoms with Crippen molar-refractivity contribution in [3.63, 3.8) is 0 Å². The Bertz CT molecular complexity index is 951. The molecule has 0 N–H and O–H groups in total. The summed E-state index contributed by atoms with van der Waals surface area (Å²) in [5.74, 6) is 1.52. The number of amides is 1. The van der Waals surface area contributed by atoms with Crippen LogP contribution in [0, 0.1) is 12.7 Å². The van der Waals surface area contributed by atoms with Crippen molar-refractivity contribution < 1.29 is 9.18 Å². The van der Waals surface area contributed by atoms with E-state index in [1.807, 2.05) is 40.8 Å². The summed E-state index contributed by atoms with van der Waals surface area (Å²) in [7, 11) is 0. The molecule has 1 atom stereocenters. The first-order valence-electron chi connectivity index (χ1n) is 9.14. The van der Waals surface area contributed by atoms with Crippen LogP contribution in [0.2, 0.25) is 0 Å². The highest BCUT2D eigenvalue weighted by molar-refractivity contribution is 5.94. The Hall–Kier alpha value is -3.02. The predicted molar refractivity (Wildman–Crippen MR) is 100 cm³/mol. The summed E-state index contributed by atoms with van der Waals surface area (Å²) in [5, 5.41) is 0. The first kappa shape index (κ1) is 17.4. The van der Waals surface area contributed by atoms with Gasteiger partial charge in [-0.05, 0) is 56.2 Å². The third-order valence-electron chi connectivity index (χ3n) is 5.05. The molecule has 0 aliphatic carbocycles. The number of hydrogen-bond donors (Lipinski definition) is 0. The summed E-state index contributed by atoms with van der Waals surface area (Å²) in [6, 6.07) is 11.7. The molecule has 5 nitrogen and oxygen atoms in total. The Balaban J connectivity index is 1.54. The van der Waals surface area contributed by atoms with Crippen molar-refractivity contribution in [1.29, 1.82) is 0 Å². The summed E-state index contributed by atoms with van der Waals surface area (Å²) in [4.78, 5) is 23.7. The lowest BCUT2D eigenvalue weighted by Crippen LogP contribution is -2.39. The van der Waals surface area contributed by atoms with Crippen LogP contribution in [-0.2, 0) is 0 Å². The van der Waals surface area contributed by atoms with Crippen LogP contribution in [0.4, 0.5) is 4.39 Å². The number of benzene rings is 1. The number of aromatic nitrogens is 3. The second kappa shape index (κ2) is 7.31. The zero-order valence-corrected chi connectivity index (χ0v) is 15.2. The molecule has 27 heavy (non-hydrogen) atoms. The number of hydrogen-bond acceptors (Lipinski definition) is 3. The maximum absolute atomic E-state index is 13.1. The fraction of sp³-hybridized carbons (Fsp3) is 0.286. The van der Waals surface area contributed by atoms with Gasteiger partial charge in [0.05, 0.1) is 0 Å². The number of nitrogens with zero attached hydrogens (tertiary/aromatic N) is 4. The number of pyridine rings is 1. The molecule has 1 aliphatic rings. The summed E-state index contributed by atoms with van der Waals surface area (Å²) in [6.45, 7) is 3.28. The summed E-state index contributed by atoms with van der Waals surface area (Å²) in [6.07, 6.45) is 5.57. The number of halogens is 1. The largest absolute Gasteiger partial charge is 0.338 e. The quantitative estimate of drug-likeness (QED) is 0.711. The maximum atomic E-state index is 13.1. The Morgan fingerprint density at radius 3 is 2.74 bits per heavy atom. The number of likely N-dealkylation sites (tertiary alicyclic amines) is 1. The Morgan fingerprint density at radius 1 is 1.19 bits per heavy atom. The van der Waals surface area contributed by atoms with Gasteiger partial charge in [0.1, 0.15) is 17.5 Å². The van der Waals surface area contributed by atoms with Gasteiger partial charge in [0.2, 0.25) is 0 Å². The molecule has 2 aromatic heterocycles. The number of carbonyl (C=O) groups excluding carboxylic acids is 1. The van der Waals surface area contributed by atoms with Gasteiger partial charge in [0, 0.05) is 42.7 Å². The van der Waals surface area contributed by atoms with Crippen molar-refractivity contribution in [3.05, 3.63) is 77.8 Å². The van der Waals surface area contributed by atoms with Crippen molar-refractivity contribution in [1.82, 2.24) is 19.4 Å². The first-order chi connectivity index (χ1) is 13.1. The first-order valence-corrected chi connectivity index (χ1v) is 9.14. The molecule has 6 heteroatoms. The van der Waals surface area contributed by atoms with Gasteiger partial charge in [0.25, 0.3) is 5.91 Å². The Kier molecular flexibility index (Phi) is 4.71. The van der Waals surface area contributed by atoms with Crippen molar-refractivity contribution >= 4 is 5.91 Å². The number of aryl methyl sites for hydroxylation is 1. The Morgan fingerprint density at radius 2 is 2.00 bits per heavy atom. The molecule has 1 fully saturated rings. The van der Waals surface area contributed by atoms with Crippen molar-refractivity contribution in [3.8, 4) is 5.82 Å². The van der Waals surface area contributed by atoms with E-state index in [1.165, 1.54) is 12.1 Å². The molecule has 1 amide bonds. The molecule has 4 rings (SSSR count). The standard InChI is InChI=1S/C21H21FN4O/c1-15-23-11-13-26(15)20-6-2-5-19(24-20)17-4-3-12-25(14-17)21(27)16-7-9-18(22)10-8-16/h2,5-11,13,17H,3-4,12,14H2,1H3/t17-/m0/s1. The number of rotatable bonds is 3. The smallest absolute Gasteiger partial charge is 0.253 e. The number of imidazole rings is 1. The van der Waals surface area contributed by atoms with Crippen LogP contribution in [0.15, 0.2) is 54.9 Å². The molecule has 3 heterocycles.